The van der Waals surface area contributed by atoms with E-state index < -0.39 is 11.8 Å². The third kappa shape index (κ3) is 4.63. The van der Waals surface area contributed by atoms with Crippen molar-refractivity contribution in [2.24, 2.45) is 16.8 Å². The standard InChI is InChI=1S/C28H31NO4/c1-17(2)16-33-28(31)25-18(3)29-22-14-20(19-10-6-5-7-11-19)15-23(30)27(22)26(25)21-12-8-9-13-24(21)32-4/h5-13,17,20,25-26H,14-16H2,1-4H3/t20-,25?,26-/m1/s1. The van der Waals surface area contributed by atoms with Crippen LogP contribution in [0.25, 0.3) is 0 Å². The van der Waals surface area contributed by atoms with Gasteiger partial charge in [-0.15, -0.1) is 0 Å². The van der Waals surface area contributed by atoms with Crippen LogP contribution in [0.15, 0.2) is 70.9 Å². The molecule has 2 aromatic rings. The second-order valence-electron chi connectivity index (χ2n) is 9.27. The van der Waals surface area contributed by atoms with Crippen LogP contribution in [0.5, 0.6) is 5.75 Å². The molecule has 5 nitrogen and oxygen atoms in total. The van der Waals surface area contributed by atoms with E-state index in [0.717, 1.165) is 16.8 Å². The van der Waals surface area contributed by atoms with Crippen LogP contribution in [0.4, 0.5) is 0 Å². The number of benzene rings is 2. The summed E-state index contributed by atoms with van der Waals surface area (Å²) in [5.41, 5.74) is 4.04. The van der Waals surface area contributed by atoms with Crippen molar-refractivity contribution >= 4 is 17.5 Å². The fourth-order valence-electron chi connectivity index (χ4n) is 4.92. The van der Waals surface area contributed by atoms with Crippen LogP contribution in [-0.2, 0) is 14.3 Å². The summed E-state index contributed by atoms with van der Waals surface area (Å²) in [6, 6.07) is 17.7. The molecule has 2 aliphatic rings. The first kappa shape index (κ1) is 23.0. The Morgan fingerprint density at radius 2 is 1.76 bits per heavy atom. The van der Waals surface area contributed by atoms with E-state index in [-0.39, 0.29) is 23.6 Å². The SMILES string of the molecule is COc1ccccc1[C@H]1C2=C(C[C@@H](c3ccccc3)CC2=O)N=C(C)C1C(=O)OCC(C)C. The van der Waals surface area contributed by atoms with E-state index in [1.165, 1.54) is 0 Å². The second kappa shape index (κ2) is 9.74. The van der Waals surface area contributed by atoms with E-state index in [2.05, 4.69) is 12.1 Å². The van der Waals surface area contributed by atoms with Crippen molar-refractivity contribution in [1.82, 2.24) is 0 Å². The molecule has 0 saturated carbocycles. The summed E-state index contributed by atoms with van der Waals surface area (Å²) in [7, 11) is 1.61. The normalized spacial score (nSPS) is 22.6. The Bertz CT molecular complexity index is 1100. The number of carbonyl (C=O) groups is 2. The average molecular weight is 446 g/mol. The minimum atomic E-state index is -0.656. The van der Waals surface area contributed by atoms with E-state index in [1.807, 2.05) is 63.2 Å². The predicted molar refractivity (Wildman–Crippen MR) is 129 cm³/mol. The molecule has 1 aliphatic carbocycles. The van der Waals surface area contributed by atoms with Crippen molar-refractivity contribution in [2.45, 2.75) is 45.4 Å². The third-order valence-corrected chi connectivity index (χ3v) is 6.45. The highest BCUT2D eigenvalue weighted by atomic mass is 16.5. The largest absolute Gasteiger partial charge is 0.496 e. The molecule has 0 saturated heterocycles. The van der Waals surface area contributed by atoms with Crippen LogP contribution in [0.2, 0.25) is 0 Å². The number of carbonyl (C=O) groups excluding carboxylic acids is 2. The lowest BCUT2D eigenvalue weighted by Crippen LogP contribution is -2.38. The smallest absolute Gasteiger partial charge is 0.315 e. The number of nitrogens with zero attached hydrogens (tertiary/aromatic N) is 1. The maximum absolute atomic E-state index is 13.6. The summed E-state index contributed by atoms with van der Waals surface area (Å²) >= 11 is 0. The van der Waals surface area contributed by atoms with Gasteiger partial charge in [-0.05, 0) is 36.8 Å². The molecule has 0 bridgehead atoms. The minimum Gasteiger partial charge on any atom is -0.496 e. The fourth-order valence-corrected chi connectivity index (χ4v) is 4.92. The zero-order valence-corrected chi connectivity index (χ0v) is 19.7. The van der Waals surface area contributed by atoms with Crippen molar-refractivity contribution in [3.8, 4) is 5.75 Å². The summed E-state index contributed by atoms with van der Waals surface area (Å²) in [6.45, 7) is 6.20. The maximum Gasteiger partial charge on any atom is 0.315 e. The van der Waals surface area contributed by atoms with Gasteiger partial charge in [0.2, 0.25) is 0 Å². The molecule has 0 amide bonds. The quantitative estimate of drug-likeness (QED) is 0.553. The zero-order valence-electron chi connectivity index (χ0n) is 19.7. The van der Waals surface area contributed by atoms with Gasteiger partial charge in [0.05, 0.1) is 13.7 Å². The third-order valence-electron chi connectivity index (χ3n) is 6.45. The van der Waals surface area contributed by atoms with E-state index in [1.54, 1.807) is 7.11 Å². The van der Waals surface area contributed by atoms with Crippen LogP contribution >= 0.6 is 0 Å². The highest BCUT2D eigenvalue weighted by Gasteiger charge is 2.45. The fraction of sp³-hybridized carbons (Fsp3) is 0.393. The molecule has 3 atom stereocenters. The number of ether oxygens (including phenoxy) is 2. The van der Waals surface area contributed by atoms with Crippen LogP contribution in [-0.4, -0.2) is 31.2 Å². The van der Waals surface area contributed by atoms with Gasteiger partial charge in [-0.3, -0.25) is 14.6 Å². The number of methoxy groups -OCH3 is 1. The van der Waals surface area contributed by atoms with Crippen molar-refractivity contribution in [1.29, 1.82) is 0 Å². The summed E-state index contributed by atoms with van der Waals surface area (Å²) in [6.07, 6.45) is 1.07. The predicted octanol–water partition coefficient (Wildman–Crippen LogP) is 5.47. The molecular weight excluding hydrogens is 414 g/mol. The van der Waals surface area contributed by atoms with Crippen molar-refractivity contribution in [3.05, 3.63) is 77.0 Å². The topological polar surface area (TPSA) is 65.0 Å². The Morgan fingerprint density at radius 1 is 1.06 bits per heavy atom. The molecular formula is C28H31NO4. The molecule has 0 fully saturated rings. The molecule has 0 N–H and O–H groups in total. The van der Waals surface area contributed by atoms with Gasteiger partial charge in [0.15, 0.2) is 5.78 Å². The lowest BCUT2D eigenvalue weighted by molar-refractivity contribution is -0.147. The number of aliphatic imine (C=N–C) groups is 1. The number of rotatable bonds is 6. The van der Waals surface area contributed by atoms with Crippen molar-refractivity contribution in [2.75, 3.05) is 13.7 Å². The van der Waals surface area contributed by atoms with Crippen LogP contribution in [0.1, 0.15) is 56.6 Å². The first-order chi connectivity index (χ1) is 15.9. The lowest BCUT2D eigenvalue weighted by Gasteiger charge is -2.37. The van der Waals surface area contributed by atoms with Crippen LogP contribution in [0.3, 0.4) is 0 Å². The summed E-state index contributed by atoms with van der Waals surface area (Å²) in [4.78, 5) is 31.7. The average Bonchev–Trinajstić information content (AvgIpc) is 2.82. The molecule has 0 aromatic heterocycles. The number of allylic oxidation sites excluding steroid dienone is 2. The number of esters is 1. The Morgan fingerprint density at radius 3 is 2.45 bits per heavy atom. The van der Waals surface area contributed by atoms with Crippen molar-refractivity contribution < 1.29 is 19.1 Å². The summed E-state index contributed by atoms with van der Waals surface area (Å²) < 4.78 is 11.3. The number of hydrogen-bond acceptors (Lipinski definition) is 5. The molecule has 0 spiro atoms. The van der Waals surface area contributed by atoms with E-state index in [0.29, 0.717) is 36.5 Å². The first-order valence-electron chi connectivity index (χ1n) is 11.6. The maximum atomic E-state index is 13.6. The van der Waals surface area contributed by atoms with Gasteiger partial charge in [0.25, 0.3) is 0 Å². The number of Topliss-reactive ketones (excluding diaryl/α,β-unsaturated/α-hetero) is 1. The van der Waals surface area contributed by atoms with E-state index in [4.69, 9.17) is 14.5 Å². The highest BCUT2D eigenvalue weighted by Crippen LogP contribution is 2.48. The molecule has 2 aromatic carbocycles. The van der Waals surface area contributed by atoms with Crippen LogP contribution in [0, 0.1) is 11.8 Å². The van der Waals surface area contributed by atoms with E-state index in [9.17, 15) is 9.59 Å². The van der Waals surface area contributed by atoms with Gasteiger partial charge in [0, 0.05) is 34.9 Å². The van der Waals surface area contributed by atoms with Gasteiger partial charge in [0.1, 0.15) is 11.7 Å². The Hall–Kier alpha value is -3.21. The van der Waals surface area contributed by atoms with Crippen molar-refractivity contribution in [3.63, 3.8) is 0 Å². The number of para-hydroxylation sites is 1. The van der Waals surface area contributed by atoms with E-state index >= 15 is 0 Å². The summed E-state index contributed by atoms with van der Waals surface area (Å²) in [5.74, 6) is -0.476. The number of hydrogen-bond donors (Lipinski definition) is 0. The van der Waals surface area contributed by atoms with Gasteiger partial charge in [-0.25, -0.2) is 0 Å². The number of ketones is 1. The molecule has 0 radical (unpaired) electrons. The van der Waals surface area contributed by atoms with Gasteiger partial charge in [-0.2, -0.15) is 0 Å². The minimum absolute atomic E-state index is 0.0407. The molecule has 172 valence electrons. The molecule has 1 heterocycles. The highest BCUT2D eigenvalue weighted by molar-refractivity contribution is 6.09. The molecule has 1 aliphatic heterocycles. The zero-order chi connectivity index (χ0) is 23.5. The second-order valence-corrected chi connectivity index (χ2v) is 9.27. The Kier molecular flexibility index (Phi) is 6.77. The monoisotopic (exact) mass is 445 g/mol. The summed E-state index contributed by atoms with van der Waals surface area (Å²) in [5, 5.41) is 0. The van der Waals surface area contributed by atoms with Gasteiger partial charge in [-0.1, -0.05) is 62.4 Å². The Balaban J connectivity index is 1.80. The molecule has 4 rings (SSSR count). The van der Waals surface area contributed by atoms with Gasteiger partial charge >= 0.3 is 5.97 Å². The molecule has 33 heavy (non-hydrogen) atoms. The molecule has 5 heteroatoms. The lowest BCUT2D eigenvalue weighted by atomic mass is 9.69. The first-order valence-corrected chi connectivity index (χ1v) is 11.6. The van der Waals surface area contributed by atoms with Crippen LogP contribution < -0.4 is 4.74 Å². The molecule has 1 unspecified atom stereocenters. The Labute approximate surface area is 195 Å². The van der Waals surface area contributed by atoms with Gasteiger partial charge < -0.3 is 9.47 Å².